The van der Waals surface area contributed by atoms with Gasteiger partial charge in [-0.3, -0.25) is 0 Å². The van der Waals surface area contributed by atoms with Gasteiger partial charge in [0.15, 0.2) is 0 Å². The molecular weight excluding hydrogens is 216 g/mol. The first-order valence-electron chi connectivity index (χ1n) is 5.98. The Kier molecular flexibility index (Phi) is 4.46. The zero-order chi connectivity index (χ0) is 13.1. The van der Waals surface area contributed by atoms with Crippen molar-refractivity contribution in [3.8, 4) is 5.88 Å². The predicted molar refractivity (Wildman–Crippen MR) is 67.1 cm³/mol. The Bertz CT molecular complexity index is 372. The van der Waals surface area contributed by atoms with Crippen LogP contribution in [0.1, 0.15) is 39.2 Å². The van der Waals surface area contributed by atoms with Gasteiger partial charge in [-0.2, -0.15) is 4.98 Å². The Morgan fingerprint density at radius 3 is 2.53 bits per heavy atom. The number of hydrogen-bond donors (Lipinski definition) is 1. The van der Waals surface area contributed by atoms with E-state index in [1.165, 1.54) is 0 Å². The average molecular weight is 238 g/mol. The SMILES string of the molecule is CCOc1cc(CC(O)C(C)(C)C)nc(C)n1. The zero-order valence-electron chi connectivity index (χ0n) is 11.3. The van der Waals surface area contributed by atoms with Gasteiger partial charge in [0.1, 0.15) is 5.82 Å². The molecule has 1 heterocycles. The number of rotatable bonds is 4. The van der Waals surface area contributed by atoms with E-state index in [0.29, 0.717) is 24.7 Å². The summed E-state index contributed by atoms with van der Waals surface area (Å²) >= 11 is 0. The lowest BCUT2D eigenvalue weighted by Gasteiger charge is -2.25. The number of aromatic nitrogens is 2. The molecule has 0 fully saturated rings. The lowest BCUT2D eigenvalue weighted by atomic mass is 9.86. The van der Waals surface area contributed by atoms with Gasteiger partial charge < -0.3 is 9.84 Å². The van der Waals surface area contributed by atoms with E-state index in [9.17, 15) is 5.11 Å². The van der Waals surface area contributed by atoms with Crippen LogP contribution < -0.4 is 4.74 Å². The molecule has 0 saturated carbocycles. The predicted octanol–water partition coefficient (Wildman–Crippen LogP) is 2.13. The van der Waals surface area contributed by atoms with Crippen LogP contribution in [0.2, 0.25) is 0 Å². The molecule has 1 rings (SSSR count). The molecule has 0 aliphatic rings. The van der Waals surface area contributed by atoms with E-state index in [1.807, 2.05) is 34.6 Å². The summed E-state index contributed by atoms with van der Waals surface area (Å²) in [5.74, 6) is 1.25. The minimum absolute atomic E-state index is 0.148. The van der Waals surface area contributed by atoms with Crippen LogP contribution in [0.4, 0.5) is 0 Å². The molecule has 0 spiro atoms. The highest BCUT2D eigenvalue weighted by Gasteiger charge is 2.23. The Morgan fingerprint density at radius 1 is 1.35 bits per heavy atom. The number of hydrogen-bond acceptors (Lipinski definition) is 4. The highest BCUT2D eigenvalue weighted by molar-refractivity contribution is 5.17. The van der Waals surface area contributed by atoms with Gasteiger partial charge in [-0.05, 0) is 19.3 Å². The molecule has 1 aromatic heterocycles. The van der Waals surface area contributed by atoms with E-state index in [1.54, 1.807) is 6.07 Å². The quantitative estimate of drug-likeness (QED) is 0.873. The monoisotopic (exact) mass is 238 g/mol. The van der Waals surface area contributed by atoms with Crippen LogP contribution in [0.5, 0.6) is 5.88 Å². The third-order valence-corrected chi connectivity index (χ3v) is 2.56. The fourth-order valence-corrected chi connectivity index (χ4v) is 1.43. The van der Waals surface area contributed by atoms with E-state index in [-0.39, 0.29) is 5.41 Å². The van der Waals surface area contributed by atoms with Gasteiger partial charge in [0.05, 0.1) is 18.4 Å². The van der Waals surface area contributed by atoms with Crippen molar-refractivity contribution >= 4 is 0 Å². The molecule has 4 heteroatoms. The van der Waals surface area contributed by atoms with Gasteiger partial charge in [-0.1, -0.05) is 20.8 Å². The Hall–Kier alpha value is -1.16. The first kappa shape index (κ1) is 13.9. The molecular formula is C13H22N2O2. The van der Waals surface area contributed by atoms with Crippen molar-refractivity contribution in [3.05, 3.63) is 17.6 Å². The molecule has 0 bridgehead atoms. The van der Waals surface area contributed by atoms with Crippen molar-refractivity contribution < 1.29 is 9.84 Å². The summed E-state index contributed by atoms with van der Waals surface area (Å²) in [4.78, 5) is 8.50. The molecule has 1 atom stereocenters. The molecule has 0 saturated heterocycles. The minimum atomic E-state index is -0.425. The van der Waals surface area contributed by atoms with Crippen molar-refractivity contribution in [1.29, 1.82) is 0 Å². The Balaban J connectivity index is 2.84. The summed E-state index contributed by atoms with van der Waals surface area (Å²) in [6.45, 7) is 10.4. The summed E-state index contributed by atoms with van der Waals surface area (Å²) in [7, 11) is 0. The van der Waals surface area contributed by atoms with E-state index in [0.717, 1.165) is 5.69 Å². The van der Waals surface area contributed by atoms with Crippen LogP contribution in [-0.4, -0.2) is 27.8 Å². The molecule has 1 unspecified atom stereocenters. The summed E-state index contributed by atoms with van der Waals surface area (Å²) in [5, 5.41) is 10.0. The molecule has 1 aromatic rings. The highest BCUT2D eigenvalue weighted by Crippen LogP contribution is 2.22. The standard InChI is InChI=1S/C13H22N2O2/c1-6-17-12-8-10(14-9(2)15-12)7-11(16)13(3,4)5/h8,11,16H,6-7H2,1-5H3. The second kappa shape index (κ2) is 5.45. The topological polar surface area (TPSA) is 55.2 Å². The van der Waals surface area contributed by atoms with Crippen molar-refractivity contribution in [3.63, 3.8) is 0 Å². The number of ether oxygens (including phenoxy) is 1. The summed E-state index contributed by atoms with van der Waals surface area (Å²) in [6, 6.07) is 1.80. The van der Waals surface area contributed by atoms with Crippen LogP contribution in [0.25, 0.3) is 0 Å². The molecule has 17 heavy (non-hydrogen) atoms. The first-order chi connectivity index (χ1) is 7.82. The lowest BCUT2D eigenvalue weighted by Crippen LogP contribution is -2.28. The molecule has 4 nitrogen and oxygen atoms in total. The summed E-state index contributed by atoms with van der Waals surface area (Å²) in [6.07, 6.45) is 0.0960. The number of aliphatic hydroxyl groups is 1. The molecule has 0 radical (unpaired) electrons. The van der Waals surface area contributed by atoms with Gasteiger partial charge in [-0.25, -0.2) is 4.98 Å². The largest absolute Gasteiger partial charge is 0.478 e. The normalized spacial score (nSPS) is 13.5. The van der Waals surface area contributed by atoms with Crippen LogP contribution in [0.15, 0.2) is 6.07 Å². The Labute approximate surface area is 103 Å². The van der Waals surface area contributed by atoms with Gasteiger partial charge in [0, 0.05) is 12.5 Å². The van der Waals surface area contributed by atoms with Crippen molar-refractivity contribution in [1.82, 2.24) is 9.97 Å². The van der Waals surface area contributed by atoms with E-state index in [4.69, 9.17) is 4.74 Å². The van der Waals surface area contributed by atoms with Crippen molar-refractivity contribution in [2.45, 2.75) is 47.1 Å². The second-order valence-electron chi connectivity index (χ2n) is 5.26. The van der Waals surface area contributed by atoms with Crippen LogP contribution in [0.3, 0.4) is 0 Å². The molecule has 0 amide bonds. The Morgan fingerprint density at radius 2 is 2.00 bits per heavy atom. The van der Waals surface area contributed by atoms with Crippen LogP contribution in [-0.2, 0) is 6.42 Å². The van der Waals surface area contributed by atoms with Gasteiger partial charge >= 0.3 is 0 Å². The van der Waals surface area contributed by atoms with Gasteiger partial charge in [-0.15, -0.1) is 0 Å². The van der Waals surface area contributed by atoms with Crippen molar-refractivity contribution in [2.24, 2.45) is 5.41 Å². The third-order valence-electron chi connectivity index (χ3n) is 2.56. The highest BCUT2D eigenvalue weighted by atomic mass is 16.5. The number of aliphatic hydroxyl groups excluding tert-OH is 1. The fourth-order valence-electron chi connectivity index (χ4n) is 1.43. The molecule has 1 N–H and O–H groups in total. The molecule has 96 valence electrons. The maximum Gasteiger partial charge on any atom is 0.216 e. The maximum atomic E-state index is 10.0. The molecule has 0 aliphatic heterocycles. The zero-order valence-corrected chi connectivity index (χ0v) is 11.3. The maximum absolute atomic E-state index is 10.0. The van der Waals surface area contributed by atoms with Crippen LogP contribution >= 0.6 is 0 Å². The summed E-state index contributed by atoms with van der Waals surface area (Å²) < 4.78 is 5.36. The smallest absolute Gasteiger partial charge is 0.216 e. The van der Waals surface area contributed by atoms with E-state index in [2.05, 4.69) is 9.97 Å². The lowest BCUT2D eigenvalue weighted by molar-refractivity contribution is 0.0626. The number of nitrogens with zero attached hydrogens (tertiary/aromatic N) is 2. The van der Waals surface area contributed by atoms with Crippen LogP contribution in [0, 0.1) is 12.3 Å². The summed E-state index contributed by atoms with van der Waals surface area (Å²) in [5.41, 5.74) is 0.674. The molecule has 0 aliphatic carbocycles. The van der Waals surface area contributed by atoms with Gasteiger partial charge in [0.25, 0.3) is 0 Å². The van der Waals surface area contributed by atoms with Crippen molar-refractivity contribution in [2.75, 3.05) is 6.61 Å². The van der Waals surface area contributed by atoms with E-state index < -0.39 is 6.10 Å². The number of aryl methyl sites for hydroxylation is 1. The third kappa shape index (κ3) is 4.30. The fraction of sp³-hybridized carbons (Fsp3) is 0.692. The second-order valence-corrected chi connectivity index (χ2v) is 5.26. The first-order valence-corrected chi connectivity index (χ1v) is 5.98. The average Bonchev–Trinajstić information content (AvgIpc) is 2.15. The van der Waals surface area contributed by atoms with E-state index >= 15 is 0 Å². The minimum Gasteiger partial charge on any atom is -0.478 e. The van der Waals surface area contributed by atoms with Gasteiger partial charge in [0.2, 0.25) is 5.88 Å². The molecule has 0 aromatic carbocycles.